The molecule has 0 bridgehead atoms. The van der Waals surface area contributed by atoms with Crippen molar-refractivity contribution in [2.75, 3.05) is 14.2 Å². The van der Waals surface area contributed by atoms with E-state index in [0.29, 0.717) is 11.4 Å². The van der Waals surface area contributed by atoms with Crippen LogP contribution in [0, 0.1) is 0 Å². The first-order chi connectivity index (χ1) is 9.56. The molecule has 1 aromatic carbocycles. The van der Waals surface area contributed by atoms with Crippen LogP contribution in [-0.4, -0.2) is 32.6 Å². The third kappa shape index (κ3) is 3.09. The molecule has 2 aromatic rings. The van der Waals surface area contributed by atoms with Gasteiger partial charge in [0.25, 0.3) is 0 Å². The average Bonchev–Trinajstić information content (AvgIpc) is 2.98. The predicted molar refractivity (Wildman–Crippen MR) is 72.2 cm³/mol. The Labute approximate surface area is 117 Å². The summed E-state index contributed by atoms with van der Waals surface area (Å²) in [5.41, 5.74) is 0.662. The Morgan fingerprint density at radius 1 is 1.30 bits per heavy atom. The molecule has 0 saturated heterocycles. The lowest BCUT2D eigenvalue weighted by atomic mass is 10.3. The van der Waals surface area contributed by atoms with Gasteiger partial charge in [-0.3, -0.25) is 0 Å². The summed E-state index contributed by atoms with van der Waals surface area (Å²) >= 11 is 0. The van der Waals surface area contributed by atoms with Gasteiger partial charge in [-0.05, 0) is 12.1 Å². The number of ether oxygens (including phenoxy) is 2. The molecule has 0 spiro atoms. The van der Waals surface area contributed by atoms with Gasteiger partial charge in [-0.15, -0.1) is 0 Å². The molecule has 0 amide bonds. The molecular weight excluding hydrogens is 282 g/mol. The number of imidazole rings is 1. The molecule has 2 rings (SSSR count). The second kappa shape index (κ2) is 5.93. The molecule has 1 aromatic heterocycles. The zero-order chi connectivity index (χ0) is 14.6. The minimum atomic E-state index is -3.71. The molecule has 0 aliphatic heterocycles. The van der Waals surface area contributed by atoms with Crippen LogP contribution in [0.3, 0.4) is 0 Å². The fraction of sp³-hybridized carbons (Fsp3) is 0.250. The maximum Gasteiger partial charge on any atom is 0.244 e. The summed E-state index contributed by atoms with van der Waals surface area (Å²) in [6.45, 7) is 0.114. The van der Waals surface area contributed by atoms with Gasteiger partial charge in [0.2, 0.25) is 10.0 Å². The minimum absolute atomic E-state index is 0.0267. The van der Waals surface area contributed by atoms with Crippen molar-refractivity contribution in [2.45, 2.75) is 11.4 Å². The summed E-state index contributed by atoms with van der Waals surface area (Å²) in [4.78, 5) is 6.67. The van der Waals surface area contributed by atoms with E-state index in [1.54, 1.807) is 18.3 Å². The predicted octanol–water partition coefficient (Wildman–Crippen LogP) is 0.905. The summed E-state index contributed by atoms with van der Waals surface area (Å²) in [5.74, 6) is 0.690. The average molecular weight is 297 g/mol. The number of H-pyrrole nitrogens is 1. The highest BCUT2D eigenvalue weighted by molar-refractivity contribution is 7.89. The van der Waals surface area contributed by atoms with Crippen molar-refractivity contribution in [3.8, 4) is 11.5 Å². The third-order valence-corrected chi connectivity index (χ3v) is 4.09. The molecule has 0 radical (unpaired) electrons. The van der Waals surface area contributed by atoms with Crippen LogP contribution in [0.15, 0.2) is 35.6 Å². The Morgan fingerprint density at radius 3 is 2.70 bits per heavy atom. The highest BCUT2D eigenvalue weighted by Crippen LogP contribution is 2.28. The summed E-state index contributed by atoms with van der Waals surface area (Å²) < 4.78 is 37.2. The summed E-state index contributed by atoms with van der Waals surface area (Å²) in [6.07, 6.45) is 3.03. The summed E-state index contributed by atoms with van der Waals surface area (Å²) in [5, 5.41) is 0. The van der Waals surface area contributed by atoms with Gasteiger partial charge in [-0.2, -0.15) is 0 Å². The smallest absolute Gasteiger partial charge is 0.244 e. The molecule has 7 nitrogen and oxygen atoms in total. The molecule has 0 fully saturated rings. The zero-order valence-electron chi connectivity index (χ0n) is 11.1. The first kappa shape index (κ1) is 14.4. The van der Waals surface area contributed by atoms with Crippen LogP contribution >= 0.6 is 0 Å². The largest absolute Gasteiger partial charge is 0.497 e. The minimum Gasteiger partial charge on any atom is -0.497 e. The van der Waals surface area contributed by atoms with Crippen LogP contribution < -0.4 is 14.2 Å². The standard InChI is InChI=1S/C12H15N3O4S/c1-18-10-3-4-11(19-2)12(5-10)20(16,17)15-7-9-6-13-8-14-9/h3-6,8,15H,7H2,1-2H3,(H,13,14). The van der Waals surface area contributed by atoms with Gasteiger partial charge in [0, 0.05) is 18.0 Å². The van der Waals surface area contributed by atoms with Gasteiger partial charge in [-0.1, -0.05) is 0 Å². The maximum absolute atomic E-state index is 12.3. The number of methoxy groups -OCH3 is 2. The molecule has 0 unspecified atom stereocenters. The normalized spacial score (nSPS) is 11.3. The lowest BCUT2D eigenvalue weighted by Gasteiger charge is -2.11. The Hall–Kier alpha value is -2.06. The van der Waals surface area contributed by atoms with E-state index >= 15 is 0 Å². The van der Waals surface area contributed by atoms with E-state index in [1.165, 1.54) is 26.6 Å². The first-order valence-corrected chi connectivity index (χ1v) is 7.24. The fourth-order valence-electron chi connectivity index (χ4n) is 1.63. The highest BCUT2D eigenvalue weighted by atomic mass is 32.2. The van der Waals surface area contributed by atoms with Crippen LogP contribution in [0.5, 0.6) is 11.5 Å². The lowest BCUT2D eigenvalue weighted by Crippen LogP contribution is -2.24. The number of nitrogens with zero attached hydrogens (tertiary/aromatic N) is 1. The third-order valence-electron chi connectivity index (χ3n) is 2.67. The van der Waals surface area contributed by atoms with Crippen LogP contribution in [0.1, 0.15) is 5.69 Å². The van der Waals surface area contributed by atoms with Crippen molar-refractivity contribution in [3.63, 3.8) is 0 Å². The van der Waals surface area contributed by atoms with E-state index in [1.807, 2.05) is 0 Å². The monoisotopic (exact) mass is 297 g/mol. The van der Waals surface area contributed by atoms with E-state index in [-0.39, 0.29) is 17.2 Å². The Bertz CT molecular complexity index is 668. The van der Waals surface area contributed by atoms with E-state index in [4.69, 9.17) is 9.47 Å². The lowest BCUT2D eigenvalue weighted by molar-refractivity contribution is 0.392. The van der Waals surface area contributed by atoms with Gasteiger partial charge < -0.3 is 14.5 Å². The number of hydrogen-bond donors (Lipinski definition) is 2. The topological polar surface area (TPSA) is 93.3 Å². The van der Waals surface area contributed by atoms with Crippen LogP contribution in [0.25, 0.3) is 0 Å². The second-order valence-electron chi connectivity index (χ2n) is 3.92. The van der Waals surface area contributed by atoms with E-state index < -0.39 is 10.0 Å². The van der Waals surface area contributed by atoms with Gasteiger partial charge >= 0.3 is 0 Å². The van der Waals surface area contributed by atoms with Gasteiger partial charge in [0.05, 0.1) is 27.1 Å². The van der Waals surface area contributed by atoms with Crippen LogP contribution in [0.4, 0.5) is 0 Å². The van der Waals surface area contributed by atoms with Crippen LogP contribution in [-0.2, 0) is 16.6 Å². The number of nitrogens with one attached hydrogen (secondary N) is 2. The Morgan fingerprint density at radius 2 is 2.10 bits per heavy atom. The molecule has 0 atom stereocenters. The zero-order valence-corrected chi connectivity index (χ0v) is 11.9. The summed E-state index contributed by atoms with van der Waals surface area (Å²) in [7, 11) is -0.834. The van der Waals surface area contributed by atoms with Gasteiger partial charge in [-0.25, -0.2) is 18.1 Å². The number of rotatable bonds is 6. The van der Waals surface area contributed by atoms with Crippen molar-refractivity contribution >= 4 is 10.0 Å². The number of benzene rings is 1. The SMILES string of the molecule is COc1ccc(OC)c(S(=O)(=O)NCc2cnc[nH]2)c1. The molecule has 20 heavy (non-hydrogen) atoms. The van der Waals surface area contributed by atoms with Gasteiger partial charge in [0.1, 0.15) is 16.4 Å². The number of hydrogen-bond acceptors (Lipinski definition) is 5. The molecule has 1 heterocycles. The van der Waals surface area contributed by atoms with Crippen molar-refractivity contribution in [1.29, 1.82) is 0 Å². The molecular formula is C12H15N3O4S. The molecule has 8 heteroatoms. The summed E-state index contributed by atoms with van der Waals surface area (Å²) in [6, 6.07) is 4.59. The number of sulfonamides is 1. The molecule has 108 valence electrons. The van der Waals surface area contributed by atoms with Crippen LogP contribution in [0.2, 0.25) is 0 Å². The van der Waals surface area contributed by atoms with Gasteiger partial charge in [0.15, 0.2) is 0 Å². The van der Waals surface area contributed by atoms with E-state index in [9.17, 15) is 8.42 Å². The molecule has 0 saturated carbocycles. The van der Waals surface area contributed by atoms with Crippen molar-refractivity contribution in [1.82, 2.24) is 14.7 Å². The van der Waals surface area contributed by atoms with E-state index in [0.717, 1.165) is 0 Å². The van der Waals surface area contributed by atoms with Crippen molar-refractivity contribution < 1.29 is 17.9 Å². The Kier molecular flexibility index (Phi) is 4.26. The Balaban J connectivity index is 2.28. The fourth-order valence-corrected chi connectivity index (χ4v) is 2.81. The molecule has 0 aliphatic carbocycles. The second-order valence-corrected chi connectivity index (χ2v) is 5.65. The number of aromatic nitrogens is 2. The quantitative estimate of drug-likeness (QED) is 0.826. The maximum atomic E-state index is 12.3. The van der Waals surface area contributed by atoms with Crippen molar-refractivity contribution in [3.05, 3.63) is 36.4 Å². The highest BCUT2D eigenvalue weighted by Gasteiger charge is 2.20. The van der Waals surface area contributed by atoms with Crippen molar-refractivity contribution in [2.24, 2.45) is 0 Å². The van der Waals surface area contributed by atoms with E-state index in [2.05, 4.69) is 14.7 Å². The number of aromatic amines is 1. The first-order valence-electron chi connectivity index (χ1n) is 5.76. The molecule has 0 aliphatic rings. The molecule has 2 N–H and O–H groups in total.